The fourth-order valence-electron chi connectivity index (χ4n) is 2.56. The Balaban J connectivity index is 2.43. The Morgan fingerprint density at radius 3 is 2.52 bits per heavy atom. The SMILES string of the molecule is N#CCN(C1CCCC1)S(=O)(=O)c1ccc(Cl)c(C#N)c1. The van der Waals surface area contributed by atoms with Crippen LogP contribution in [0.5, 0.6) is 0 Å². The van der Waals surface area contributed by atoms with Crippen molar-refractivity contribution < 1.29 is 8.42 Å². The van der Waals surface area contributed by atoms with Crippen LogP contribution >= 0.6 is 11.6 Å². The Labute approximate surface area is 129 Å². The van der Waals surface area contributed by atoms with E-state index in [1.54, 1.807) is 0 Å². The van der Waals surface area contributed by atoms with Gasteiger partial charge in [-0.2, -0.15) is 14.8 Å². The number of benzene rings is 1. The molecule has 0 aromatic heterocycles. The minimum Gasteiger partial charge on any atom is -0.207 e. The van der Waals surface area contributed by atoms with Crippen LogP contribution in [0.2, 0.25) is 5.02 Å². The molecule has 0 bridgehead atoms. The van der Waals surface area contributed by atoms with Gasteiger partial charge in [-0.1, -0.05) is 24.4 Å². The number of nitrogens with zero attached hydrogens (tertiary/aromatic N) is 3. The maximum absolute atomic E-state index is 12.7. The fraction of sp³-hybridized carbons (Fsp3) is 0.429. The summed E-state index contributed by atoms with van der Waals surface area (Å²) in [7, 11) is -3.79. The molecule has 1 aliphatic rings. The Bertz CT molecular complexity index is 713. The van der Waals surface area contributed by atoms with Gasteiger partial charge in [0.15, 0.2) is 0 Å². The van der Waals surface area contributed by atoms with Crippen molar-refractivity contribution in [3.8, 4) is 12.1 Å². The lowest BCUT2D eigenvalue weighted by Crippen LogP contribution is -2.39. The molecular weight excluding hydrogens is 310 g/mol. The highest BCUT2D eigenvalue weighted by atomic mass is 35.5. The van der Waals surface area contributed by atoms with Gasteiger partial charge in [-0.15, -0.1) is 0 Å². The van der Waals surface area contributed by atoms with Crippen LogP contribution in [0, 0.1) is 22.7 Å². The Morgan fingerprint density at radius 2 is 1.95 bits per heavy atom. The Hall–Kier alpha value is -1.60. The molecule has 0 radical (unpaired) electrons. The largest absolute Gasteiger partial charge is 0.244 e. The van der Waals surface area contributed by atoms with E-state index in [9.17, 15) is 8.42 Å². The maximum atomic E-state index is 12.7. The summed E-state index contributed by atoms with van der Waals surface area (Å²) in [5, 5.41) is 18.1. The van der Waals surface area contributed by atoms with Crippen molar-refractivity contribution in [1.82, 2.24) is 4.31 Å². The standard InChI is InChI=1S/C14H14ClN3O2S/c15-14-6-5-13(9-11(14)10-17)21(19,20)18(8-7-16)12-3-1-2-4-12/h5-6,9,12H,1-4,8H2. The summed E-state index contributed by atoms with van der Waals surface area (Å²) >= 11 is 5.83. The molecule has 1 aromatic rings. The first-order valence-corrected chi connectivity index (χ1v) is 8.41. The van der Waals surface area contributed by atoms with Crippen molar-refractivity contribution >= 4 is 21.6 Å². The van der Waals surface area contributed by atoms with Gasteiger partial charge in [0.2, 0.25) is 10.0 Å². The fourth-order valence-corrected chi connectivity index (χ4v) is 4.33. The second kappa shape index (κ2) is 6.44. The third kappa shape index (κ3) is 3.19. The van der Waals surface area contributed by atoms with E-state index < -0.39 is 10.0 Å². The highest BCUT2D eigenvalue weighted by Crippen LogP contribution is 2.29. The molecule has 1 fully saturated rings. The van der Waals surface area contributed by atoms with Gasteiger partial charge >= 0.3 is 0 Å². The van der Waals surface area contributed by atoms with E-state index in [1.807, 2.05) is 12.1 Å². The molecule has 0 saturated heterocycles. The monoisotopic (exact) mass is 323 g/mol. The number of hydrogen-bond donors (Lipinski definition) is 0. The highest BCUT2D eigenvalue weighted by Gasteiger charge is 2.33. The quantitative estimate of drug-likeness (QED) is 0.797. The molecule has 110 valence electrons. The van der Waals surface area contributed by atoms with E-state index in [4.69, 9.17) is 22.1 Å². The van der Waals surface area contributed by atoms with Gasteiger partial charge in [-0.25, -0.2) is 8.42 Å². The lowest BCUT2D eigenvalue weighted by molar-refractivity contribution is 0.350. The third-order valence-electron chi connectivity index (χ3n) is 3.62. The molecule has 1 aromatic carbocycles. The van der Waals surface area contributed by atoms with Crippen LogP contribution in [0.15, 0.2) is 23.1 Å². The van der Waals surface area contributed by atoms with Gasteiger partial charge < -0.3 is 0 Å². The average Bonchev–Trinajstić information content (AvgIpc) is 2.98. The molecule has 2 rings (SSSR count). The average molecular weight is 324 g/mol. The number of rotatable bonds is 4. The molecule has 5 nitrogen and oxygen atoms in total. The molecule has 1 aliphatic carbocycles. The lowest BCUT2D eigenvalue weighted by Gasteiger charge is -2.25. The van der Waals surface area contributed by atoms with Crippen LogP contribution in [0.3, 0.4) is 0 Å². The molecular formula is C14H14ClN3O2S. The van der Waals surface area contributed by atoms with Gasteiger partial charge in [-0.05, 0) is 31.0 Å². The van der Waals surface area contributed by atoms with Gasteiger partial charge in [0.1, 0.15) is 12.6 Å². The molecule has 7 heteroatoms. The molecule has 0 N–H and O–H groups in total. The van der Waals surface area contributed by atoms with Crippen molar-refractivity contribution in [2.75, 3.05) is 6.54 Å². The van der Waals surface area contributed by atoms with E-state index in [0.717, 1.165) is 25.7 Å². The number of nitriles is 2. The normalized spacial score (nSPS) is 15.8. The first-order chi connectivity index (χ1) is 10.0. The zero-order valence-corrected chi connectivity index (χ0v) is 12.9. The highest BCUT2D eigenvalue weighted by molar-refractivity contribution is 7.89. The van der Waals surface area contributed by atoms with Crippen LogP contribution in [-0.2, 0) is 10.0 Å². The van der Waals surface area contributed by atoms with Crippen LogP contribution < -0.4 is 0 Å². The second-order valence-corrected chi connectivity index (χ2v) is 7.20. The molecule has 0 amide bonds. The van der Waals surface area contributed by atoms with Crippen LogP contribution in [0.1, 0.15) is 31.2 Å². The van der Waals surface area contributed by atoms with Gasteiger partial charge in [-0.3, -0.25) is 0 Å². The summed E-state index contributed by atoms with van der Waals surface area (Å²) in [6, 6.07) is 7.67. The minimum atomic E-state index is -3.79. The first-order valence-electron chi connectivity index (χ1n) is 6.59. The number of hydrogen-bond acceptors (Lipinski definition) is 4. The molecule has 0 spiro atoms. The minimum absolute atomic E-state index is 0.00519. The molecule has 0 aliphatic heterocycles. The number of halogens is 1. The third-order valence-corrected chi connectivity index (χ3v) is 5.85. The molecule has 21 heavy (non-hydrogen) atoms. The van der Waals surface area contributed by atoms with Crippen molar-refractivity contribution in [3.63, 3.8) is 0 Å². The van der Waals surface area contributed by atoms with E-state index in [2.05, 4.69) is 0 Å². The predicted molar refractivity (Wildman–Crippen MR) is 77.9 cm³/mol. The predicted octanol–water partition coefficient (Wildman–Crippen LogP) is 2.67. The van der Waals surface area contributed by atoms with Crippen LogP contribution in [-0.4, -0.2) is 25.3 Å². The summed E-state index contributed by atoms with van der Waals surface area (Å²) in [5.74, 6) is 0. The van der Waals surface area contributed by atoms with Gasteiger partial charge in [0, 0.05) is 6.04 Å². The van der Waals surface area contributed by atoms with Crippen molar-refractivity contribution in [2.45, 2.75) is 36.6 Å². The van der Waals surface area contributed by atoms with Crippen molar-refractivity contribution in [1.29, 1.82) is 10.5 Å². The summed E-state index contributed by atoms with van der Waals surface area (Å²) in [5.41, 5.74) is 0.112. The molecule has 0 unspecified atom stereocenters. The molecule has 0 heterocycles. The first kappa shape index (κ1) is 15.8. The zero-order chi connectivity index (χ0) is 15.5. The van der Waals surface area contributed by atoms with Crippen LogP contribution in [0.25, 0.3) is 0 Å². The zero-order valence-electron chi connectivity index (χ0n) is 11.3. The van der Waals surface area contributed by atoms with Crippen molar-refractivity contribution in [2.24, 2.45) is 0 Å². The Morgan fingerprint density at radius 1 is 1.29 bits per heavy atom. The van der Waals surface area contributed by atoms with Crippen LogP contribution in [0.4, 0.5) is 0 Å². The Kier molecular flexibility index (Phi) is 4.84. The second-order valence-electron chi connectivity index (χ2n) is 4.90. The van der Waals surface area contributed by atoms with E-state index in [0.29, 0.717) is 0 Å². The molecule has 1 saturated carbocycles. The smallest absolute Gasteiger partial charge is 0.207 e. The lowest BCUT2D eigenvalue weighted by atomic mass is 10.2. The topological polar surface area (TPSA) is 85.0 Å². The van der Waals surface area contributed by atoms with E-state index in [1.165, 1.54) is 22.5 Å². The van der Waals surface area contributed by atoms with Gasteiger partial charge in [0.25, 0.3) is 0 Å². The van der Waals surface area contributed by atoms with Crippen molar-refractivity contribution in [3.05, 3.63) is 28.8 Å². The molecule has 0 atom stereocenters. The number of sulfonamides is 1. The summed E-state index contributed by atoms with van der Waals surface area (Å²) in [6.07, 6.45) is 3.46. The summed E-state index contributed by atoms with van der Waals surface area (Å²) in [6.45, 7) is -0.183. The summed E-state index contributed by atoms with van der Waals surface area (Å²) in [4.78, 5) is 0.00519. The van der Waals surface area contributed by atoms with E-state index in [-0.39, 0.29) is 28.1 Å². The van der Waals surface area contributed by atoms with E-state index >= 15 is 0 Å². The maximum Gasteiger partial charge on any atom is 0.244 e. The summed E-state index contributed by atoms with van der Waals surface area (Å²) < 4.78 is 26.7. The van der Waals surface area contributed by atoms with Gasteiger partial charge in [0.05, 0.1) is 21.6 Å².